The molecule has 0 aromatic carbocycles. The molecular weight excluding hydrogens is 868 g/mol. The number of aliphatic carboxylic acids is 1. The van der Waals surface area contributed by atoms with Crippen molar-refractivity contribution in [2.24, 2.45) is 5.92 Å². The number of carboxylic acids is 1. The van der Waals surface area contributed by atoms with E-state index in [9.17, 15) is 91.3 Å². The Balaban J connectivity index is 1.84. The number of aliphatic hydroxyl groups is 15. The zero-order valence-corrected chi connectivity index (χ0v) is 35.5. The van der Waals surface area contributed by atoms with Gasteiger partial charge in [-0.15, -0.1) is 0 Å². The van der Waals surface area contributed by atoms with Gasteiger partial charge in [0.15, 0.2) is 18.4 Å². The van der Waals surface area contributed by atoms with Crippen molar-refractivity contribution >= 4 is 11.9 Å². The normalized spacial score (nSPS) is 45.2. The van der Waals surface area contributed by atoms with E-state index in [2.05, 4.69) is 4.74 Å². The van der Waals surface area contributed by atoms with Crippen LogP contribution in [-0.2, 0) is 28.5 Å². The van der Waals surface area contributed by atoms with Gasteiger partial charge in [-0.1, -0.05) is 72.9 Å². The maximum Gasteiger partial charge on any atom is 0.311 e. The first-order chi connectivity index (χ1) is 30.6. The number of hydrogen-bond donors (Lipinski definition) is 16. The van der Waals surface area contributed by atoms with Crippen LogP contribution in [0.4, 0.5) is 0 Å². The molecule has 65 heavy (non-hydrogen) atoms. The predicted molar refractivity (Wildman–Crippen MR) is 222 cm³/mol. The van der Waals surface area contributed by atoms with Gasteiger partial charge in [0.1, 0.15) is 42.5 Å². The fourth-order valence-electron chi connectivity index (χ4n) is 7.32. The first kappa shape index (κ1) is 56.0. The van der Waals surface area contributed by atoms with Crippen molar-refractivity contribution in [3.05, 3.63) is 72.9 Å². The third-order valence-corrected chi connectivity index (χ3v) is 10.9. The maximum atomic E-state index is 12.4. The molecule has 0 spiro atoms. The molecule has 2 bridgehead atoms. The summed E-state index contributed by atoms with van der Waals surface area (Å²) < 4.78 is 21.4. The summed E-state index contributed by atoms with van der Waals surface area (Å²) in [6, 6.07) is 0. The fourth-order valence-corrected chi connectivity index (χ4v) is 7.32. The third kappa shape index (κ3) is 18.7. The lowest BCUT2D eigenvalue weighted by Crippen LogP contribution is -2.59. The molecule has 0 saturated carbocycles. The van der Waals surface area contributed by atoms with Crippen LogP contribution in [0.25, 0.3) is 0 Å². The quantitative estimate of drug-likeness (QED) is 0.121. The van der Waals surface area contributed by atoms with Crippen molar-refractivity contribution in [2.75, 3.05) is 0 Å². The summed E-state index contributed by atoms with van der Waals surface area (Å²) in [5.41, 5.74) is 0. The summed E-state index contributed by atoms with van der Waals surface area (Å²) in [7, 11) is 0. The molecule has 0 amide bonds. The van der Waals surface area contributed by atoms with E-state index in [1.165, 1.54) is 24.3 Å². The monoisotopic (exact) mass is 934 g/mol. The van der Waals surface area contributed by atoms with Gasteiger partial charge in [-0.25, -0.2) is 0 Å². The largest absolute Gasteiger partial charge is 0.481 e. The van der Waals surface area contributed by atoms with Crippen LogP contribution in [0.15, 0.2) is 72.9 Å². The highest BCUT2D eigenvalue weighted by Crippen LogP contribution is 2.38. The molecule has 16 N–H and O–H groups in total. The number of ether oxygens (including phenoxy) is 4. The second-order valence-corrected chi connectivity index (χ2v) is 16.4. The highest BCUT2D eigenvalue weighted by Gasteiger charge is 2.51. The zero-order chi connectivity index (χ0) is 48.4. The third-order valence-electron chi connectivity index (χ3n) is 10.9. The van der Waals surface area contributed by atoms with Crippen molar-refractivity contribution in [3.8, 4) is 0 Å². The molecule has 3 heterocycles. The summed E-state index contributed by atoms with van der Waals surface area (Å²) in [6.45, 7) is 0. The molecule has 3 aliphatic rings. The highest BCUT2D eigenvalue weighted by atomic mass is 16.7. The number of carboxylic acid groups (broad SMARTS) is 1. The molecule has 0 aliphatic carbocycles. The second kappa shape index (κ2) is 27.5. The first-order valence-electron chi connectivity index (χ1n) is 21.3. The van der Waals surface area contributed by atoms with E-state index >= 15 is 0 Å². The number of hydrogen-bond acceptors (Lipinski definition) is 21. The standard InChI is InChI=1S/C43H66O22/c44-23-15-16-27(47)29(49)21-43(61)22-30(50)33(39(57)58)31(65-43)20-26(62-42-38(56)35(53)37(55)41(60)64-42)13-11-9-7-5-3-1-2-4-6-8-10-12-14-28(48)34(52)36(54)40(59)63-32(51)19-25(46)18-24(45)17-23/h1-3,5,7-14,23-31,33-38,40-42,44-50,52-56,59-61H,4,6,15-22H2,(H,57,58)/b2-1+,5-3+,9-7+,10-8+,13-11+,14-12+/t23?,24?,25?,26?,27?,28-,29?,30-,31?,33?,34?,35-,36+,37?,38-,40+,41-,42+,43?/m0/s1. The van der Waals surface area contributed by atoms with E-state index in [4.69, 9.17) is 14.2 Å². The highest BCUT2D eigenvalue weighted by molar-refractivity contribution is 5.71. The zero-order valence-electron chi connectivity index (χ0n) is 35.5. The molecule has 11 unspecified atom stereocenters. The van der Waals surface area contributed by atoms with Crippen LogP contribution in [0.2, 0.25) is 0 Å². The minimum Gasteiger partial charge on any atom is -0.481 e. The van der Waals surface area contributed by atoms with Gasteiger partial charge in [-0.3, -0.25) is 9.59 Å². The first-order valence-corrected chi connectivity index (χ1v) is 21.3. The average Bonchev–Trinajstić information content (AvgIpc) is 3.21. The molecule has 0 aromatic rings. The Morgan fingerprint density at radius 1 is 0.600 bits per heavy atom. The lowest BCUT2D eigenvalue weighted by molar-refractivity contribution is -0.348. The summed E-state index contributed by atoms with van der Waals surface area (Å²) in [4.78, 5) is 24.7. The van der Waals surface area contributed by atoms with E-state index in [1.54, 1.807) is 36.5 Å². The summed E-state index contributed by atoms with van der Waals surface area (Å²) in [6.07, 6.45) is -14.4. The Kier molecular flexibility index (Phi) is 23.7. The number of carbonyl (C=O) groups excluding carboxylic acids is 1. The average molecular weight is 935 g/mol. The van der Waals surface area contributed by atoms with Gasteiger partial charge in [0.2, 0.25) is 6.29 Å². The topological polar surface area (TPSA) is 395 Å². The molecule has 3 aliphatic heterocycles. The van der Waals surface area contributed by atoms with Gasteiger partial charge in [0.05, 0.1) is 55.3 Å². The van der Waals surface area contributed by atoms with Crippen LogP contribution >= 0.6 is 0 Å². The molecule has 370 valence electrons. The van der Waals surface area contributed by atoms with Gasteiger partial charge in [-0.05, 0) is 38.5 Å². The molecule has 2 fully saturated rings. The van der Waals surface area contributed by atoms with Crippen LogP contribution in [0.1, 0.15) is 64.2 Å². The van der Waals surface area contributed by atoms with Crippen LogP contribution in [0.5, 0.6) is 0 Å². The van der Waals surface area contributed by atoms with Gasteiger partial charge in [0.25, 0.3) is 0 Å². The number of carbonyl (C=O) groups is 2. The summed E-state index contributed by atoms with van der Waals surface area (Å²) >= 11 is 0. The number of aliphatic hydroxyl groups excluding tert-OH is 14. The number of rotatable bonds is 3. The van der Waals surface area contributed by atoms with Crippen LogP contribution in [-0.4, -0.2) is 204 Å². The number of cyclic esters (lactones) is 1. The fraction of sp³-hybridized carbons (Fsp3) is 0.674. The molecule has 19 atom stereocenters. The smallest absolute Gasteiger partial charge is 0.311 e. The Labute approximate surface area is 374 Å². The molecule has 2 saturated heterocycles. The molecule has 3 rings (SSSR count). The van der Waals surface area contributed by atoms with E-state index < -0.39 is 160 Å². The Bertz CT molecular complexity index is 1620. The summed E-state index contributed by atoms with van der Waals surface area (Å²) in [5, 5.41) is 167. The molecular formula is C43H66O22. The minimum absolute atomic E-state index is 0.245. The second-order valence-electron chi connectivity index (χ2n) is 16.4. The Morgan fingerprint density at radius 2 is 1.17 bits per heavy atom. The van der Waals surface area contributed by atoms with Gasteiger partial charge < -0.3 is 101 Å². The van der Waals surface area contributed by atoms with Gasteiger partial charge in [0, 0.05) is 19.3 Å². The Hall–Kier alpha value is -3.34. The van der Waals surface area contributed by atoms with Crippen molar-refractivity contribution < 1.29 is 110 Å². The van der Waals surface area contributed by atoms with E-state index in [0.29, 0.717) is 12.8 Å². The van der Waals surface area contributed by atoms with E-state index in [0.717, 1.165) is 6.08 Å². The molecule has 22 heteroatoms. The molecule has 22 nitrogen and oxygen atoms in total. The minimum atomic E-state index is -2.45. The van der Waals surface area contributed by atoms with Crippen molar-refractivity contribution in [2.45, 2.75) is 174 Å². The van der Waals surface area contributed by atoms with Gasteiger partial charge >= 0.3 is 11.9 Å². The van der Waals surface area contributed by atoms with Crippen LogP contribution in [0, 0.1) is 5.92 Å². The molecule has 0 aromatic heterocycles. The van der Waals surface area contributed by atoms with E-state index in [-0.39, 0.29) is 19.3 Å². The van der Waals surface area contributed by atoms with E-state index in [1.807, 2.05) is 6.08 Å². The number of allylic oxidation sites excluding steroid dienone is 10. The van der Waals surface area contributed by atoms with Gasteiger partial charge in [-0.2, -0.15) is 0 Å². The van der Waals surface area contributed by atoms with Crippen molar-refractivity contribution in [1.29, 1.82) is 0 Å². The maximum absolute atomic E-state index is 12.4. The molecule has 0 radical (unpaired) electrons. The van der Waals surface area contributed by atoms with Crippen molar-refractivity contribution in [1.82, 2.24) is 0 Å². The lowest BCUT2D eigenvalue weighted by atomic mass is 9.82. The lowest BCUT2D eigenvalue weighted by Gasteiger charge is -2.45. The van der Waals surface area contributed by atoms with Crippen LogP contribution < -0.4 is 0 Å². The number of fused-ring (bicyclic) bond motifs is 2. The Morgan fingerprint density at radius 3 is 1.83 bits per heavy atom. The van der Waals surface area contributed by atoms with Crippen molar-refractivity contribution in [3.63, 3.8) is 0 Å². The van der Waals surface area contributed by atoms with Crippen LogP contribution in [0.3, 0.4) is 0 Å². The predicted octanol–water partition coefficient (Wildman–Crippen LogP) is -3.72. The summed E-state index contributed by atoms with van der Waals surface area (Å²) in [5.74, 6) is -6.92. The number of esters is 1. The SMILES string of the molecule is O=C1CC(O)CC(O)CC(O)CCC(O)C(O)CC2(O)C[C@H](O)C(C(=O)O)C(CC(O[C@@H]3O[C@H](O)C(O)[C@H](O)[C@@H]3O)/C=C/C=C/C=C/C=C/CC/C=C/C=C/[C@H](O)C(O)[C@@H](O)[C@H](O)O1)O2.